The molecule has 0 N–H and O–H groups in total. The Hall–Kier alpha value is -3.80. The molecule has 0 aliphatic carbocycles. The van der Waals surface area contributed by atoms with Crippen LogP contribution in [-0.4, -0.2) is 27.5 Å². The number of aromatic nitrogens is 3. The van der Waals surface area contributed by atoms with Gasteiger partial charge in [0, 0.05) is 28.7 Å². The van der Waals surface area contributed by atoms with Gasteiger partial charge in [-0.3, -0.25) is 9.97 Å². The minimum absolute atomic E-state index is 0.318. The Kier molecular flexibility index (Phi) is 4.59. The molecule has 30 heavy (non-hydrogen) atoms. The number of hydrogen-bond acceptors (Lipinski definition) is 6. The molecule has 6 heteroatoms. The van der Waals surface area contributed by atoms with E-state index in [4.69, 9.17) is 14.1 Å². The van der Waals surface area contributed by atoms with Crippen molar-refractivity contribution in [3.63, 3.8) is 0 Å². The number of oxazole rings is 1. The maximum atomic E-state index is 12.1. The zero-order chi connectivity index (χ0) is 20.5. The third-order valence-electron chi connectivity index (χ3n) is 5.07. The van der Waals surface area contributed by atoms with Crippen molar-refractivity contribution >= 4 is 38.9 Å². The first kappa shape index (κ1) is 18.2. The molecule has 0 unspecified atom stereocenters. The highest BCUT2D eigenvalue weighted by Crippen LogP contribution is 2.35. The van der Waals surface area contributed by atoms with E-state index < -0.39 is 0 Å². The second kappa shape index (κ2) is 7.55. The van der Waals surface area contributed by atoms with Crippen LogP contribution in [0.15, 0.2) is 65.3 Å². The number of carbonyl (C=O) groups is 1. The minimum Gasteiger partial charge on any atom is -0.462 e. The maximum Gasteiger partial charge on any atom is 0.338 e. The summed E-state index contributed by atoms with van der Waals surface area (Å²) in [5.41, 5.74) is 4.30. The molecule has 3 aromatic heterocycles. The van der Waals surface area contributed by atoms with Crippen molar-refractivity contribution in [2.75, 3.05) is 6.61 Å². The molecule has 5 aromatic rings. The molecular formula is C24H19N3O3. The Balaban J connectivity index is 1.58. The fraction of sp³-hybridized carbons (Fsp3) is 0.167. The van der Waals surface area contributed by atoms with Crippen molar-refractivity contribution in [1.82, 2.24) is 15.0 Å². The number of fused-ring (bicyclic) bond motifs is 6. The first-order valence-electron chi connectivity index (χ1n) is 9.96. The molecule has 6 nitrogen and oxygen atoms in total. The van der Waals surface area contributed by atoms with Crippen LogP contribution >= 0.6 is 0 Å². The highest BCUT2D eigenvalue weighted by atomic mass is 16.5. The number of pyridine rings is 2. The molecule has 0 spiro atoms. The summed E-state index contributed by atoms with van der Waals surface area (Å²) < 4.78 is 11.4. The van der Waals surface area contributed by atoms with Gasteiger partial charge < -0.3 is 9.15 Å². The summed E-state index contributed by atoms with van der Waals surface area (Å²) in [5.74, 6) is 0.166. The van der Waals surface area contributed by atoms with Crippen LogP contribution in [0.2, 0.25) is 0 Å². The number of ether oxygens (including phenoxy) is 1. The number of rotatable bonds is 5. The largest absolute Gasteiger partial charge is 0.462 e. The molecule has 5 rings (SSSR count). The van der Waals surface area contributed by atoms with Crippen LogP contribution < -0.4 is 0 Å². The predicted octanol–water partition coefficient (Wildman–Crippen LogP) is 5.55. The van der Waals surface area contributed by atoms with Gasteiger partial charge in [-0.2, -0.15) is 0 Å². The van der Waals surface area contributed by atoms with Gasteiger partial charge in [-0.05, 0) is 55.0 Å². The zero-order valence-corrected chi connectivity index (χ0v) is 16.5. The molecule has 0 amide bonds. The van der Waals surface area contributed by atoms with Gasteiger partial charge in [-0.25, -0.2) is 9.78 Å². The molecule has 0 bridgehead atoms. The maximum absolute atomic E-state index is 12.1. The van der Waals surface area contributed by atoms with E-state index in [-0.39, 0.29) is 5.97 Å². The molecule has 0 aliphatic heterocycles. The predicted molar refractivity (Wildman–Crippen MR) is 115 cm³/mol. The highest BCUT2D eigenvalue weighted by molar-refractivity contribution is 6.20. The second-order valence-corrected chi connectivity index (χ2v) is 7.06. The monoisotopic (exact) mass is 397 g/mol. The van der Waals surface area contributed by atoms with Crippen LogP contribution in [0.5, 0.6) is 0 Å². The van der Waals surface area contributed by atoms with E-state index in [1.807, 2.05) is 36.4 Å². The zero-order valence-electron chi connectivity index (χ0n) is 16.5. The van der Waals surface area contributed by atoms with E-state index in [0.717, 1.165) is 45.7 Å². The van der Waals surface area contributed by atoms with Gasteiger partial charge in [0.15, 0.2) is 5.58 Å². The van der Waals surface area contributed by atoms with Crippen molar-refractivity contribution in [2.24, 2.45) is 0 Å². The van der Waals surface area contributed by atoms with E-state index in [9.17, 15) is 4.79 Å². The number of unbranched alkanes of at least 4 members (excludes halogenated alkanes) is 1. The average molecular weight is 397 g/mol. The minimum atomic E-state index is -0.318. The van der Waals surface area contributed by atoms with Crippen LogP contribution in [0, 0.1) is 0 Å². The van der Waals surface area contributed by atoms with Gasteiger partial charge in [0.05, 0.1) is 17.7 Å². The third-order valence-corrected chi connectivity index (χ3v) is 5.07. The normalized spacial score (nSPS) is 11.4. The summed E-state index contributed by atoms with van der Waals surface area (Å²) in [6.07, 6.45) is 5.34. The Morgan fingerprint density at radius 2 is 1.63 bits per heavy atom. The molecule has 2 aromatic carbocycles. The summed E-state index contributed by atoms with van der Waals surface area (Å²) in [5, 5.41) is 1.76. The van der Waals surface area contributed by atoms with Crippen LogP contribution in [0.3, 0.4) is 0 Å². The van der Waals surface area contributed by atoms with Crippen molar-refractivity contribution in [2.45, 2.75) is 19.8 Å². The number of carbonyl (C=O) groups excluding carboxylic acids is 1. The lowest BCUT2D eigenvalue weighted by molar-refractivity contribution is 0.0500. The summed E-state index contributed by atoms with van der Waals surface area (Å²) in [4.78, 5) is 25.9. The molecule has 0 fully saturated rings. The summed E-state index contributed by atoms with van der Waals surface area (Å²) in [6, 6.07) is 14.8. The van der Waals surface area contributed by atoms with Crippen LogP contribution in [-0.2, 0) is 4.74 Å². The molecule has 0 saturated carbocycles. The lowest BCUT2D eigenvalue weighted by Gasteiger charge is -2.04. The molecular weight excluding hydrogens is 378 g/mol. The smallest absolute Gasteiger partial charge is 0.338 e. The Bertz CT molecular complexity index is 1300. The van der Waals surface area contributed by atoms with Gasteiger partial charge in [-0.1, -0.05) is 13.3 Å². The highest BCUT2D eigenvalue weighted by Gasteiger charge is 2.17. The first-order chi connectivity index (χ1) is 14.8. The van der Waals surface area contributed by atoms with Crippen molar-refractivity contribution in [3.05, 3.63) is 66.5 Å². The SMILES string of the molecule is CCCCOC(=O)c1ccc(-c2nc3c4cccnc4c4ncccc4c3o2)cc1. The number of esters is 1. The van der Waals surface area contributed by atoms with Gasteiger partial charge in [0.2, 0.25) is 5.89 Å². The molecule has 0 radical (unpaired) electrons. The quantitative estimate of drug-likeness (QED) is 0.220. The number of nitrogens with zero attached hydrogens (tertiary/aromatic N) is 3. The molecule has 0 atom stereocenters. The van der Waals surface area contributed by atoms with E-state index >= 15 is 0 Å². The van der Waals surface area contributed by atoms with Crippen LogP contribution in [0.25, 0.3) is 44.4 Å². The standard InChI is InChI=1S/C24H19N3O3/c1-2-3-14-29-24(28)16-10-8-15(9-11-16)23-27-21-17-6-4-12-25-19(17)20-18(22(21)30-23)7-5-13-26-20/h4-13H,2-3,14H2,1H3. The average Bonchev–Trinajstić information content (AvgIpc) is 3.25. The van der Waals surface area contributed by atoms with E-state index in [0.29, 0.717) is 23.6 Å². The third kappa shape index (κ3) is 3.06. The van der Waals surface area contributed by atoms with E-state index in [1.54, 1.807) is 24.5 Å². The summed E-state index contributed by atoms with van der Waals surface area (Å²) >= 11 is 0. The second-order valence-electron chi connectivity index (χ2n) is 7.06. The lowest BCUT2D eigenvalue weighted by atomic mass is 10.1. The van der Waals surface area contributed by atoms with Crippen LogP contribution in [0.4, 0.5) is 0 Å². The van der Waals surface area contributed by atoms with Crippen molar-refractivity contribution in [1.29, 1.82) is 0 Å². The van der Waals surface area contributed by atoms with Gasteiger partial charge >= 0.3 is 5.97 Å². The lowest BCUT2D eigenvalue weighted by Crippen LogP contribution is -2.06. The summed E-state index contributed by atoms with van der Waals surface area (Å²) in [7, 11) is 0. The van der Waals surface area contributed by atoms with Gasteiger partial charge in [0.1, 0.15) is 11.0 Å². The summed E-state index contributed by atoms with van der Waals surface area (Å²) in [6.45, 7) is 2.49. The number of hydrogen-bond donors (Lipinski definition) is 0. The Morgan fingerprint density at radius 3 is 2.37 bits per heavy atom. The van der Waals surface area contributed by atoms with Gasteiger partial charge in [-0.15, -0.1) is 0 Å². The van der Waals surface area contributed by atoms with E-state index in [2.05, 4.69) is 16.9 Å². The Labute approximate surface area is 172 Å². The van der Waals surface area contributed by atoms with Crippen LogP contribution in [0.1, 0.15) is 30.1 Å². The Morgan fingerprint density at radius 1 is 0.933 bits per heavy atom. The topological polar surface area (TPSA) is 78.1 Å². The molecule has 3 heterocycles. The molecule has 0 aliphatic rings. The van der Waals surface area contributed by atoms with Crippen molar-refractivity contribution < 1.29 is 13.9 Å². The molecule has 0 saturated heterocycles. The molecule has 148 valence electrons. The van der Waals surface area contributed by atoms with Gasteiger partial charge in [0.25, 0.3) is 0 Å². The first-order valence-corrected chi connectivity index (χ1v) is 9.96. The van der Waals surface area contributed by atoms with E-state index in [1.165, 1.54) is 0 Å². The fourth-order valence-electron chi connectivity index (χ4n) is 3.51. The van der Waals surface area contributed by atoms with Crippen molar-refractivity contribution in [3.8, 4) is 11.5 Å². The fourth-order valence-corrected chi connectivity index (χ4v) is 3.51. The number of benzene rings is 2.